The molecule has 134 valence electrons. The second-order valence-electron chi connectivity index (χ2n) is 6.74. The largest absolute Gasteiger partial charge is 0.387 e. The summed E-state index contributed by atoms with van der Waals surface area (Å²) in [5.41, 5.74) is 5.12. The van der Waals surface area contributed by atoms with E-state index < -0.39 is 6.10 Å². The lowest BCUT2D eigenvalue weighted by Gasteiger charge is -2.18. The predicted molar refractivity (Wildman–Crippen MR) is 103 cm³/mol. The molecule has 4 nitrogen and oxygen atoms in total. The maximum absolute atomic E-state index is 12.2. The highest BCUT2D eigenvalue weighted by Gasteiger charge is 2.13. The van der Waals surface area contributed by atoms with Gasteiger partial charge in [0.1, 0.15) is 0 Å². The van der Waals surface area contributed by atoms with Gasteiger partial charge in [-0.1, -0.05) is 42.0 Å². The third kappa shape index (κ3) is 5.69. The average molecular weight is 340 g/mol. The molecule has 2 aromatic carbocycles. The summed E-state index contributed by atoms with van der Waals surface area (Å²) in [7, 11) is 0. The number of carbonyl (C=O) groups is 1. The SMILES string of the molecule is Cc1cccc(C(O)CNC(C)CC(=O)Nc2cccc(C)c2C)c1. The van der Waals surface area contributed by atoms with E-state index in [9.17, 15) is 9.90 Å². The highest BCUT2D eigenvalue weighted by atomic mass is 16.3. The highest BCUT2D eigenvalue weighted by Crippen LogP contribution is 2.18. The summed E-state index contributed by atoms with van der Waals surface area (Å²) in [5, 5.41) is 16.5. The predicted octanol–water partition coefficient (Wildman–Crippen LogP) is 3.65. The summed E-state index contributed by atoms with van der Waals surface area (Å²) >= 11 is 0. The Bertz CT molecular complexity index is 728. The van der Waals surface area contributed by atoms with Gasteiger partial charge in [0, 0.05) is 24.7 Å². The lowest BCUT2D eigenvalue weighted by molar-refractivity contribution is -0.116. The lowest BCUT2D eigenvalue weighted by atomic mass is 10.1. The van der Waals surface area contributed by atoms with Crippen LogP contribution in [0.2, 0.25) is 0 Å². The van der Waals surface area contributed by atoms with Gasteiger partial charge in [0.15, 0.2) is 0 Å². The molecule has 4 heteroatoms. The molecule has 0 spiro atoms. The summed E-state index contributed by atoms with van der Waals surface area (Å²) < 4.78 is 0. The van der Waals surface area contributed by atoms with Gasteiger partial charge in [0.05, 0.1) is 6.10 Å². The van der Waals surface area contributed by atoms with Crippen LogP contribution in [-0.2, 0) is 4.79 Å². The van der Waals surface area contributed by atoms with Crippen molar-refractivity contribution in [2.45, 2.75) is 46.3 Å². The number of benzene rings is 2. The number of nitrogens with one attached hydrogen (secondary N) is 2. The van der Waals surface area contributed by atoms with Crippen molar-refractivity contribution in [3.8, 4) is 0 Å². The monoisotopic (exact) mass is 340 g/mol. The normalized spacial score (nSPS) is 13.3. The van der Waals surface area contributed by atoms with Gasteiger partial charge >= 0.3 is 0 Å². The van der Waals surface area contributed by atoms with Crippen molar-refractivity contribution < 1.29 is 9.90 Å². The molecule has 2 unspecified atom stereocenters. The number of aliphatic hydroxyl groups is 1. The van der Waals surface area contributed by atoms with Crippen molar-refractivity contribution in [3.05, 3.63) is 64.7 Å². The number of anilines is 1. The smallest absolute Gasteiger partial charge is 0.225 e. The van der Waals surface area contributed by atoms with E-state index in [1.54, 1.807) is 0 Å². The molecule has 0 saturated carbocycles. The molecule has 25 heavy (non-hydrogen) atoms. The van der Waals surface area contributed by atoms with Crippen molar-refractivity contribution in [3.63, 3.8) is 0 Å². The first-order chi connectivity index (χ1) is 11.9. The number of aliphatic hydroxyl groups excluding tert-OH is 1. The zero-order valence-electron chi connectivity index (χ0n) is 15.5. The second-order valence-corrected chi connectivity index (χ2v) is 6.74. The van der Waals surface area contributed by atoms with E-state index in [0.29, 0.717) is 13.0 Å². The molecule has 0 aliphatic heterocycles. The molecule has 0 saturated heterocycles. The Morgan fingerprint density at radius 2 is 1.84 bits per heavy atom. The van der Waals surface area contributed by atoms with Crippen molar-refractivity contribution >= 4 is 11.6 Å². The first-order valence-corrected chi connectivity index (χ1v) is 8.71. The van der Waals surface area contributed by atoms with E-state index in [2.05, 4.69) is 10.6 Å². The first-order valence-electron chi connectivity index (χ1n) is 8.71. The van der Waals surface area contributed by atoms with E-state index in [0.717, 1.165) is 27.9 Å². The van der Waals surface area contributed by atoms with Crippen LogP contribution in [0.15, 0.2) is 42.5 Å². The van der Waals surface area contributed by atoms with Gasteiger partial charge in [-0.2, -0.15) is 0 Å². The summed E-state index contributed by atoms with van der Waals surface area (Å²) in [6, 6.07) is 13.7. The molecule has 2 aromatic rings. The van der Waals surface area contributed by atoms with Crippen molar-refractivity contribution in [2.24, 2.45) is 0 Å². The Morgan fingerprint density at radius 1 is 1.12 bits per heavy atom. The van der Waals surface area contributed by atoms with E-state index in [4.69, 9.17) is 0 Å². The fourth-order valence-electron chi connectivity index (χ4n) is 2.75. The van der Waals surface area contributed by atoms with Crippen molar-refractivity contribution in [2.75, 3.05) is 11.9 Å². The van der Waals surface area contributed by atoms with Crippen LogP contribution < -0.4 is 10.6 Å². The minimum Gasteiger partial charge on any atom is -0.387 e. The van der Waals surface area contributed by atoms with Crippen LogP contribution in [0.5, 0.6) is 0 Å². The molecule has 0 fully saturated rings. The van der Waals surface area contributed by atoms with Crippen molar-refractivity contribution in [1.29, 1.82) is 0 Å². The summed E-state index contributed by atoms with van der Waals surface area (Å²) in [5.74, 6) is -0.0289. The van der Waals surface area contributed by atoms with E-state index in [-0.39, 0.29) is 11.9 Å². The maximum Gasteiger partial charge on any atom is 0.225 e. The molecule has 2 rings (SSSR count). The van der Waals surface area contributed by atoms with Gasteiger partial charge in [-0.3, -0.25) is 4.79 Å². The standard InChI is InChI=1S/C21H28N2O2/c1-14-7-5-9-18(11-14)20(24)13-22-16(3)12-21(25)23-19-10-6-8-15(2)17(19)4/h5-11,16,20,22,24H,12-13H2,1-4H3,(H,23,25). The van der Waals surface area contributed by atoms with Crippen LogP contribution in [0, 0.1) is 20.8 Å². The molecule has 0 radical (unpaired) electrons. The van der Waals surface area contributed by atoms with Gasteiger partial charge in [0.25, 0.3) is 0 Å². The van der Waals surface area contributed by atoms with E-state index in [1.807, 2.05) is 70.2 Å². The zero-order chi connectivity index (χ0) is 18.4. The van der Waals surface area contributed by atoms with Crippen molar-refractivity contribution in [1.82, 2.24) is 5.32 Å². The first kappa shape index (κ1) is 19.2. The Kier molecular flexibility index (Phi) is 6.73. The topological polar surface area (TPSA) is 61.4 Å². The van der Waals surface area contributed by atoms with Gasteiger partial charge in [-0.05, 0) is 50.5 Å². The van der Waals surface area contributed by atoms with Gasteiger partial charge < -0.3 is 15.7 Å². The number of amides is 1. The molecule has 1 amide bonds. The van der Waals surface area contributed by atoms with Gasteiger partial charge in [0.2, 0.25) is 5.91 Å². The number of carbonyl (C=O) groups excluding carboxylic acids is 1. The van der Waals surface area contributed by atoms with Crippen LogP contribution in [0.25, 0.3) is 0 Å². The van der Waals surface area contributed by atoms with Crippen LogP contribution in [0.4, 0.5) is 5.69 Å². The second kappa shape index (κ2) is 8.79. The number of hydrogen-bond acceptors (Lipinski definition) is 3. The molecule has 0 aliphatic carbocycles. The number of aryl methyl sites for hydroxylation is 2. The van der Waals surface area contributed by atoms with E-state index in [1.165, 1.54) is 0 Å². The Morgan fingerprint density at radius 3 is 2.56 bits per heavy atom. The number of rotatable bonds is 7. The Hall–Kier alpha value is -2.17. The average Bonchev–Trinajstić information content (AvgIpc) is 2.56. The molecule has 0 aliphatic rings. The molecule has 2 atom stereocenters. The third-order valence-corrected chi connectivity index (χ3v) is 4.46. The molecular formula is C21H28N2O2. The van der Waals surface area contributed by atoms with Crippen LogP contribution in [-0.4, -0.2) is 23.6 Å². The minimum atomic E-state index is -0.579. The number of hydrogen-bond donors (Lipinski definition) is 3. The molecule has 0 aromatic heterocycles. The third-order valence-electron chi connectivity index (χ3n) is 4.46. The summed E-state index contributed by atoms with van der Waals surface area (Å²) in [6.07, 6.45) is -0.224. The molecule has 0 bridgehead atoms. The summed E-state index contributed by atoms with van der Waals surface area (Å²) in [6.45, 7) is 8.41. The lowest BCUT2D eigenvalue weighted by Crippen LogP contribution is -2.33. The van der Waals surface area contributed by atoms with Crippen LogP contribution in [0.1, 0.15) is 41.7 Å². The maximum atomic E-state index is 12.2. The van der Waals surface area contributed by atoms with Gasteiger partial charge in [-0.15, -0.1) is 0 Å². The fourth-order valence-corrected chi connectivity index (χ4v) is 2.75. The molecule has 0 heterocycles. The van der Waals surface area contributed by atoms with E-state index >= 15 is 0 Å². The molecule has 3 N–H and O–H groups in total. The zero-order valence-corrected chi connectivity index (χ0v) is 15.5. The quantitative estimate of drug-likeness (QED) is 0.721. The highest BCUT2D eigenvalue weighted by molar-refractivity contribution is 5.92. The van der Waals surface area contributed by atoms with Gasteiger partial charge in [-0.25, -0.2) is 0 Å². The molecular weight excluding hydrogens is 312 g/mol. The minimum absolute atomic E-state index is 0.0235. The van der Waals surface area contributed by atoms with Crippen LogP contribution in [0.3, 0.4) is 0 Å². The summed E-state index contributed by atoms with van der Waals surface area (Å²) in [4.78, 5) is 12.2. The van der Waals surface area contributed by atoms with Crippen LogP contribution >= 0.6 is 0 Å². The Balaban J connectivity index is 1.82. The Labute approximate surface area is 150 Å². The fraction of sp³-hybridized carbons (Fsp3) is 0.381.